The summed E-state index contributed by atoms with van der Waals surface area (Å²) >= 11 is 3.40. The monoisotopic (exact) mass is 557 g/mol. The minimum absolute atomic E-state index is 0.0822. The molecule has 1 aliphatic rings. The lowest BCUT2D eigenvalue weighted by Crippen LogP contribution is -2.47. The van der Waals surface area contributed by atoms with E-state index in [9.17, 15) is 14.0 Å². The fraction of sp³-hybridized carbons (Fsp3) is 0.333. The lowest BCUT2D eigenvalue weighted by Gasteiger charge is -2.31. The Bertz CT molecular complexity index is 1120. The summed E-state index contributed by atoms with van der Waals surface area (Å²) in [6, 6.07) is 16.7. The summed E-state index contributed by atoms with van der Waals surface area (Å²) in [5.41, 5.74) is 1.31. The summed E-state index contributed by atoms with van der Waals surface area (Å²) < 4.78 is 25.2. The van der Waals surface area contributed by atoms with Gasteiger partial charge in [-0.2, -0.15) is 0 Å². The fourth-order valence-corrected chi connectivity index (χ4v) is 4.28. The van der Waals surface area contributed by atoms with Crippen molar-refractivity contribution in [2.75, 3.05) is 45.9 Å². The smallest absolute Gasteiger partial charge is 0.254 e. The number of nitrogens with zero attached hydrogens (tertiary/aromatic N) is 3. The number of furan rings is 1. The molecule has 1 saturated heterocycles. The number of hydrogen-bond donors (Lipinski definition) is 0. The zero-order valence-electron chi connectivity index (χ0n) is 19.9. The number of hydrogen-bond acceptors (Lipinski definition) is 5. The highest BCUT2D eigenvalue weighted by atomic mass is 79.9. The Kier molecular flexibility index (Phi) is 9.27. The van der Waals surface area contributed by atoms with Crippen molar-refractivity contribution in [3.8, 4) is 0 Å². The maximum atomic E-state index is 13.6. The van der Waals surface area contributed by atoms with Crippen LogP contribution in [0.1, 0.15) is 21.7 Å². The zero-order chi connectivity index (χ0) is 25.3. The molecule has 0 bridgehead atoms. The van der Waals surface area contributed by atoms with Crippen LogP contribution in [0.25, 0.3) is 0 Å². The van der Waals surface area contributed by atoms with Gasteiger partial charge in [-0.05, 0) is 54.1 Å². The Labute approximate surface area is 218 Å². The molecule has 0 spiro atoms. The van der Waals surface area contributed by atoms with Gasteiger partial charge in [0.05, 0.1) is 26.0 Å². The van der Waals surface area contributed by atoms with Gasteiger partial charge in [0.15, 0.2) is 0 Å². The first kappa shape index (κ1) is 26.1. The summed E-state index contributed by atoms with van der Waals surface area (Å²) in [6.07, 6.45) is 1.56. The van der Waals surface area contributed by atoms with E-state index in [1.807, 2.05) is 12.1 Å². The summed E-state index contributed by atoms with van der Waals surface area (Å²) in [4.78, 5) is 32.5. The molecule has 0 N–H and O–H groups in total. The minimum atomic E-state index is -0.336. The molecule has 1 fully saturated rings. The molecule has 2 heterocycles. The zero-order valence-corrected chi connectivity index (χ0v) is 21.5. The van der Waals surface area contributed by atoms with Crippen LogP contribution >= 0.6 is 15.9 Å². The average molecular weight is 558 g/mol. The largest absolute Gasteiger partial charge is 0.467 e. The highest BCUT2D eigenvalue weighted by Crippen LogP contribution is 2.15. The molecule has 0 atom stereocenters. The molecule has 0 aliphatic carbocycles. The van der Waals surface area contributed by atoms with E-state index in [-0.39, 0.29) is 37.3 Å². The maximum absolute atomic E-state index is 13.6. The number of carbonyl (C=O) groups is 2. The summed E-state index contributed by atoms with van der Waals surface area (Å²) in [5.74, 6) is -0.131. The van der Waals surface area contributed by atoms with Crippen LogP contribution in [0.15, 0.2) is 75.8 Å². The molecule has 9 heteroatoms. The highest BCUT2D eigenvalue weighted by molar-refractivity contribution is 9.10. The standard InChI is InChI=1S/C27H29BrFN3O4/c28-23-7-5-22(6-8-23)27(34)31(12-11-30-13-16-35-17-14-30)20-26(33)32(19-25-2-1-15-36-25)18-21-3-9-24(29)10-4-21/h1-10,15H,11-14,16-20H2. The van der Waals surface area contributed by atoms with E-state index in [0.29, 0.717) is 37.6 Å². The van der Waals surface area contributed by atoms with E-state index in [2.05, 4.69) is 20.8 Å². The van der Waals surface area contributed by atoms with Crippen LogP contribution in [0.3, 0.4) is 0 Å². The number of carbonyl (C=O) groups excluding carboxylic acids is 2. The minimum Gasteiger partial charge on any atom is -0.467 e. The molecule has 7 nitrogen and oxygen atoms in total. The second kappa shape index (κ2) is 12.8. The Morgan fingerprint density at radius 2 is 1.67 bits per heavy atom. The van der Waals surface area contributed by atoms with Gasteiger partial charge in [-0.15, -0.1) is 0 Å². The Hall–Kier alpha value is -3.01. The van der Waals surface area contributed by atoms with E-state index in [1.54, 1.807) is 52.5 Å². The van der Waals surface area contributed by atoms with Gasteiger partial charge in [0.1, 0.15) is 18.1 Å². The van der Waals surface area contributed by atoms with E-state index >= 15 is 0 Å². The van der Waals surface area contributed by atoms with Crippen LogP contribution < -0.4 is 0 Å². The predicted molar refractivity (Wildman–Crippen MR) is 137 cm³/mol. The first-order valence-corrected chi connectivity index (χ1v) is 12.7. The van der Waals surface area contributed by atoms with Crippen molar-refractivity contribution in [1.82, 2.24) is 14.7 Å². The molecule has 36 heavy (non-hydrogen) atoms. The van der Waals surface area contributed by atoms with E-state index < -0.39 is 0 Å². The van der Waals surface area contributed by atoms with Gasteiger partial charge in [-0.3, -0.25) is 14.5 Å². The Morgan fingerprint density at radius 1 is 0.944 bits per heavy atom. The van der Waals surface area contributed by atoms with Crippen molar-refractivity contribution in [1.29, 1.82) is 0 Å². The molecule has 2 amide bonds. The third kappa shape index (κ3) is 7.49. The lowest BCUT2D eigenvalue weighted by molar-refractivity contribution is -0.133. The van der Waals surface area contributed by atoms with Crippen molar-refractivity contribution in [3.05, 3.63) is 94.1 Å². The van der Waals surface area contributed by atoms with Crippen molar-refractivity contribution in [2.24, 2.45) is 0 Å². The van der Waals surface area contributed by atoms with Crippen LogP contribution in [-0.4, -0.2) is 72.5 Å². The second-order valence-electron chi connectivity index (χ2n) is 8.64. The number of rotatable bonds is 10. The highest BCUT2D eigenvalue weighted by Gasteiger charge is 2.24. The van der Waals surface area contributed by atoms with E-state index in [0.717, 1.165) is 23.1 Å². The van der Waals surface area contributed by atoms with E-state index in [4.69, 9.17) is 9.15 Å². The third-order valence-electron chi connectivity index (χ3n) is 6.06. The normalized spacial score (nSPS) is 13.9. The second-order valence-corrected chi connectivity index (χ2v) is 9.56. The van der Waals surface area contributed by atoms with Crippen LogP contribution in [-0.2, 0) is 22.6 Å². The lowest BCUT2D eigenvalue weighted by atomic mass is 10.2. The SMILES string of the molecule is O=C(CN(CCN1CCOCC1)C(=O)c1ccc(Br)cc1)N(Cc1ccc(F)cc1)Cc1ccco1. The topological polar surface area (TPSA) is 66.2 Å². The number of morpholine rings is 1. The van der Waals surface area contributed by atoms with Gasteiger partial charge >= 0.3 is 0 Å². The fourth-order valence-electron chi connectivity index (χ4n) is 4.01. The van der Waals surface area contributed by atoms with Crippen molar-refractivity contribution in [3.63, 3.8) is 0 Å². The molecule has 0 saturated carbocycles. The van der Waals surface area contributed by atoms with Gasteiger partial charge in [0, 0.05) is 42.8 Å². The van der Waals surface area contributed by atoms with Gasteiger partial charge in [0.2, 0.25) is 5.91 Å². The molecular formula is C27H29BrFN3O4. The quantitative estimate of drug-likeness (QED) is 0.374. The number of amides is 2. The molecule has 4 rings (SSSR count). The molecule has 1 aromatic heterocycles. The van der Waals surface area contributed by atoms with Crippen molar-refractivity contribution in [2.45, 2.75) is 13.1 Å². The first-order chi connectivity index (χ1) is 17.5. The third-order valence-corrected chi connectivity index (χ3v) is 6.59. The molecule has 2 aromatic carbocycles. The van der Waals surface area contributed by atoms with Gasteiger partial charge < -0.3 is 19.0 Å². The molecule has 190 valence electrons. The van der Waals surface area contributed by atoms with Gasteiger partial charge in [-0.25, -0.2) is 4.39 Å². The summed E-state index contributed by atoms with van der Waals surface area (Å²) in [6.45, 7) is 4.40. The van der Waals surface area contributed by atoms with Crippen LogP contribution in [0.2, 0.25) is 0 Å². The Balaban J connectivity index is 1.51. The van der Waals surface area contributed by atoms with Crippen LogP contribution in [0.5, 0.6) is 0 Å². The van der Waals surface area contributed by atoms with Crippen molar-refractivity contribution < 1.29 is 23.1 Å². The van der Waals surface area contributed by atoms with Crippen molar-refractivity contribution >= 4 is 27.7 Å². The van der Waals surface area contributed by atoms with Crippen LogP contribution in [0, 0.1) is 5.82 Å². The molecule has 0 unspecified atom stereocenters. The molecular weight excluding hydrogens is 529 g/mol. The summed E-state index contributed by atoms with van der Waals surface area (Å²) in [7, 11) is 0. The summed E-state index contributed by atoms with van der Waals surface area (Å²) in [5, 5.41) is 0. The molecule has 0 radical (unpaired) electrons. The van der Waals surface area contributed by atoms with Crippen LogP contribution in [0.4, 0.5) is 4.39 Å². The average Bonchev–Trinajstić information content (AvgIpc) is 3.41. The van der Waals surface area contributed by atoms with Gasteiger partial charge in [-0.1, -0.05) is 28.1 Å². The first-order valence-electron chi connectivity index (χ1n) is 11.9. The predicted octanol–water partition coefficient (Wildman–Crippen LogP) is 4.18. The number of benzene rings is 2. The maximum Gasteiger partial charge on any atom is 0.254 e. The van der Waals surface area contributed by atoms with E-state index in [1.165, 1.54) is 12.1 Å². The van der Waals surface area contributed by atoms with Gasteiger partial charge in [0.25, 0.3) is 5.91 Å². The Morgan fingerprint density at radius 3 is 2.33 bits per heavy atom. The number of halogens is 2. The number of ether oxygens (including phenoxy) is 1. The molecule has 1 aliphatic heterocycles. The molecule has 3 aromatic rings.